The van der Waals surface area contributed by atoms with Crippen LogP contribution in [0.1, 0.15) is 31.2 Å². The van der Waals surface area contributed by atoms with Crippen LogP contribution in [0.15, 0.2) is 53.8 Å². The number of nitrogens with zero attached hydrogens (tertiary/aromatic N) is 4. The van der Waals surface area contributed by atoms with Crippen LogP contribution in [0, 0.1) is 24.0 Å². The Bertz CT molecular complexity index is 1620. The van der Waals surface area contributed by atoms with Crippen LogP contribution in [0.25, 0.3) is 22.4 Å². The van der Waals surface area contributed by atoms with Crippen molar-refractivity contribution in [2.24, 2.45) is 5.73 Å². The number of rotatable bonds is 6. The maximum Gasteiger partial charge on any atom is 0.269 e. The molecule has 3 heterocycles. The van der Waals surface area contributed by atoms with Gasteiger partial charge in [0.05, 0.1) is 17.3 Å². The quantitative estimate of drug-likeness (QED) is 0.214. The van der Waals surface area contributed by atoms with Crippen molar-refractivity contribution in [3.63, 3.8) is 0 Å². The summed E-state index contributed by atoms with van der Waals surface area (Å²) in [5, 5.41) is 13.6. The summed E-state index contributed by atoms with van der Waals surface area (Å²) in [4.78, 5) is 12.5. The largest absolute Gasteiger partial charge is 0.370 e. The highest BCUT2D eigenvalue weighted by atomic mass is 32.2. The predicted octanol–water partition coefficient (Wildman–Crippen LogP) is 3.52. The third-order valence-corrected chi connectivity index (χ3v) is 8.18. The van der Waals surface area contributed by atoms with E-state index in [1.807, 2.05) is 6.92 Å². The second-order valence-corrected chi connectivity index (χ2v) is 11.1. The van der Waals surface area contributed by atoms with Crippen molar-refractivity contribution in [3.05, 3.63) is 66.1 Å². The number of pyridine rings is 1. The third kappa shape index (κ3) is 5.01. The first kappa shape index (κ1) is 25.5. The third-order valence-electron chi connectivity index (χ3n) is 6.52. The van der Waals surface area contributed by atoms with Gasteiger partial charge < -0.3 is 16.4 Å². The van der Waals surface area contributed by atoms with E-state index in [0.29, 0.717) is 6.42 Å². The molecule has 1 fully saturated rings. The molecule has 10 nitrogen and oxygen atoms in total. The Hall–Kier alpha value is -4.13. The second-order valence-electron chi connectivity index (χ2n) is 9.33. The average molecular weight is 541 g/mol. The average Bonchev–Trinajstić information content (AvgIpc) is 3.25. The van der Waals surface area contributed by atoms with Gasteiger partial charge in [0.15, 0.2) is 29.1 Å². The lowest BCUT2D eigenvalue weighted by Crippen LogP contribution is -2.44. The zero-order valence-corrected chi connectivity index (χ0v) is 21.3. The number of benzene rings is 1. The highest BCUT2D eigenvalue weighted by molar-refractivity contribution is 7.90. The molecule has 1 saturated carbocycles. The smallest absolute Gasteiger partial charge is 0.269 e. The summed E-state index contributed by atoms with van der Waals surface area (Å²) >= 11 is 0. The van der Waals surface area contributed by atoms with Gasteiger partial charge in [-0.1, -0.05) is 17.7 Å². The summed E-state index contributed by atoms with van der Waals surface area (Å²) < 4.78 is 56.9. The topological polar surface area (TPSA) is 152 Å². The minimum Gasteiger partial charge on any atom is -0.370 e. The maximum absolute atomic E-state index is 14.7. The van der Waals surface area contributed by atoms with Gasteiger partial charge >= 0.3 is 0 Å². The zero-order chi connectivity index (χ0) is 27.0. The number of guanidine groups is 1. The van der Waals surface area contributed by atoms with Crippen molar-refractivity contribution in [2.45, 2.75) is 49.6 Å². The number of fused-ring (bicyclic) bond motifs is 1. The lowest BCUT2D eigenvalue weighted by atomic mass is 9.91. The molecule has 1 aromatic carbocycles. The van der Waals surface area contributed by atoms with Crippen molar-refractivity contribution >= 4 is 32.8 Å². The SMILES string of the molecule is Cc1ccc(S(=O)(=O)n2cc(-c3ncc(F)c(N[C@H]4CCC[C@@H](NC(=N)N)C4)n3)c3cc(F)cnc32)cc1. The Labute approximate surface area is 217 Å². The fourth-order valence-corrected chi connectivity index (χ4v) is 6.03. The monoisotopic (exact) mass is 540 g/mol. The summed E-state index contributed by atoms with van der Waals surface area (Å²) in [6.45, 7) is 1.84. The Morgan fingerprint density at radius 3 is 2.61 bits per heavy atom. The van der Waals surface area contributed by atoms with Crippen LogP contribution in [0.2, 0.25) is 0 Å². The first-order chi connectivity index (χ1) is 18.1. The van der Waals surface area contributed by atoms with Crippen molar-refractivity contribution in [3.8, 4) is 11.4 Å². The van der Waals surface area contributed by atoms with Crippen LogP contribution in [-0.2, 0) is 10.0 Å². The van der Waals surface area contributed by atoms with Gasteiger partial charge in [0.25, 0.3) is 10.0 Å². The molecule has 0 radical (unpaired) electrons. The molecule has 0 aliphatic heterocycles. The molecule has 1 aliphatic carbocycles. The van der Waals surface area contributed by atoms with Gasteiger partial charge in [-0.3, -0.25) is 5.41 Å². The van der Waals surface area contributed by atoms with Gasteiger partial charge in [-0.15, -0.1) is 0 Å². The number of nitrogens with one attached hydrogen (secondary N) is 3. The van der Waals surface area contributed by atoms with Gasteiger partial charge in [-0.2, -0.15) is 0 Å². The highest BCUT2D eigenvalue weighted by Gasteiger charge is 2.26. The van der Waals surface area contributed by atoms with Crippen molar-refractivity contribution in [1.29, 1.82) is 5.41 Å². The predicted molar refractivity (Wildman–Crippen MR) is 139 cm³/mol. The lowest BCUT2D eigenvalue weighted by molar-refractivity contribution is 0.383. The number of aromatic nitrogens is 4. The van der Waals surface area contributed by atoms with Gasteiger partial charge in [0.2, 0.25) is 0 Å². The van der Waals surface area contributed by atoms with E-state index in [-0.39, 0.29) is 51.2 Å². The van der Waals surface area contributed by atoms with E-state index in [0.717, 1.165) is 47.3 Å². The fraction of sp³-hybridized carbons (Fsp3) is 0.280. The van der Waals surface area contributed by atoms with Crippen LogP contribution in [0.5, 0.6) is 0 Å². The summed E-state index contributed by atoms with van der Waals surface area (Å²) in [7, 11) is -4.09. The highest BCUT2D eigenvalue weighted by Crippen LogP contribution is 2.32. The second kappa shape index (κ2) is 9.97. The van der Waals surface area contributed by atoms with Crippen LogP contribution in [-0.4, -0.2) is 45.4 Å². The maximum atomic E-state index is 14.7. The van der Waals surface area contributed by atoms with Gasteiger partial charge in [-0.25, -0.2) is 36.1 Å². The summed E-state index contributed by atoms with van der Waals surface area (Å²) in [5.74, 6) is -1.52. The van der Waals surface area contributed by atoms with Crippen LogP contribution in [0.3, 0.4) is 0 Å². The minimum atomic E-state index is -4.09. The summed E-state index contributed by atoms with van der Waals surface area (Å²) in [5.41, 5.74) is 6.53. The molecule has 0 unspecified atom stereocenters. The molecule has 0 amide bonds. The standard InChI is InChI=1S/C25H26F2N8O2S/c1-14-5-7-18(8-6-14)38(36,37)35-13-20(19-9-15(26)11-31-24(19)35)22-30-12-21(27)23(34-22)32-16-3-2-4-17(10-16)33-25(28)29/h5-9,11-13,16-17H,2-4,10H2,1H3,(H4,28,29,33)(H,30,32,34)/t16-,17+/m0/s1. The van der Waals surface area contributed by atoms with E-state index in [1.165, 1.54) is 18.3 Å². The zero-order valence-electron chi connectivity index (χ0n) is 20.4. The Morgan fingerprint density at radius 1 is 1.13 bits per heavy atom. The fourth-order valence-electron chi connectivity index (χ4n) is 4.70. The molecule has 13 heteroatoms. The number of hydrogen-bond acceptors (Lipinski definition) is 7. The van der Waals surface area contributed by atoms with E-state index < -0.39 is 21.7 Å². The molecule has 4 aromatic rings. The van der Waals surface area contributed by atoms with Crippen LogP contribution < -0.4 is 16.4 Å². The van der Waals surface area contributed by atoms with Crippen molar-refractivity contribution in [1.82, 2.24) is 24.2 Å². The molecular weight excluding hydrogens is 514 g/mol. The first-order valence-corrected chi connectivity index (χ1v) is 13.4. The molecule has 2 atom stereocenters. The molecule has 0 spiro atoms. The van der Waals surface area contributed by atoms with Gasteiger partial charge in [0, 0.05) is 29.2 Å². The number of aryl methyl sites for hydroxylation is 1. The normalized spacial score (nSPS) is 17.9. The lowest BCUT2D eigenvalue weighted by Gasteiger charge is -2.30. The number of anilines is 1. The van der Waals surface area contributed by atoms with Crippen LogP contribution in [0.4, 0.5) is 14.6 Å². The van der Waals surface area contributed by atoms with Gasteiger partial charge in [0.1, 0.15) is 5.82 Å². The molecule has 0 saturated heterocycles. The minimum absolute atomic E-state index is 0.00478. The first-order valence-electron chi connectivity index (χ1n) is 12.0. The molecule has 0 bridgehead atoms. The van der Waals surface area contributed by atoms with Crippen LogP contribution >= 0.6 is 0 Å². The Kier molecular flexibility index (Phi) is 6.69. The van der Waals surface area contributed by atoms with E-state index in [4.69, 9.17) is 11.1 Å². The molecule has 38 heavy (non-hydrogen) atoms. The molecule has 198 valence electrons. The number of halogens is 2. The summed E-state index contributed by atoms with van der Waals surface area (Å²) in [6, 6.07) is 7.30. The van der Waals surface area contributed by atoms with E-state index in [1.54, 1.807) is 12.1 Å². The molecule has 5 rings (SSSR count). The molecule has 1 aliphatic rings. The Balaban J connectivity index is 1.54. The Morgan fingerprint density at radius 2 is 1.87 bits per heavy atom. The van der Waals surface area contributed by atoms with Gasteiger partial charge in [-0.05, 0) is 50.8 Å². The van der Waals surface area contributed by atoms with E-state index >= 15 is 0 Å². The number of hydrogen-bond donors (Lipinski definition) is 4. The number of nitrogens with two attached hydrogens (primary N) is 1. The molecule has 3 aromatic heterocycles. The van der Waals surface area contributed by atoms with E-state index in [2.05, 4.69) is 25.6 Å². The molecular formula is C25H26F2N8O2S. The summed E-state index contributed by atoms with van der Waals surface area (Å²) in [6.07, 6.45) is 6.24. The van der Waals surface area contributed by atoms with E-state index in [9.17, 15) is 17.2 Å². The van der Waals surface area contributed by atoms with Crippen molar-refractivity contribution in [2.75, 3.05) is 5.32 Å². The van der Waals surface area contributed by atoms with Crippen molar-refractivity contribution < 1.29 is 17.2 Å². The molecule has 5 N–H and O–H groups in total.